The summed E-state index contributed by atoms with van der Waals surface area (Å²) < 4.78 is 0. The van der Waals surface area contributed by atoms with Crippen molar-refractivity contribution in [2.45, 2.75) is 32.2 Å². The van der Waals surface area contributed by atoms with E-state index in [1.165, 1.54) is 11.1 Å². The van der Waals surface area contributed by atoms with Crippen molar-refractivity contribution < 1.29 is 0 Å². The fraction of sp³-hybridized carbons (Fsp3) is 0.400. The molecular formula is C15H18N2O. The van der Waals surface area contributed by atoms with Crippen LogP contribution in [0.3, 0.4) is 0 Å². The van der Waals surface area contributed by atoms with Crippen LogP contribution in [0.1, 0.15) is 31.5 Å². The van der Waals surface area contributed by atoms with Crippen LogP contribution in [0.25, 0.3) is 0 Å². The fourth-order valence-corrected chi connectivity index (χ4v) is 3.57. The average Bonchev–Trinajstić information content (AvgIpc) is 2.26. The maximum atomic E-state index is 11.5. The maximum absolute atomic E-state index is 11.5. The Morgan fingerprint density at radius 1 is 1.44 bits per heavy atom. The number of aromatic amines is 1. The summed E-state index contributed by atoms with van der Waals surface area (Å²) in [6, 6.07) is 3.45. The number of hydrogen-bond donors (Lipinski definition) is 2. The lowest BCUT2D eigenvalue weighted by Crippen LogP contribution is -2.47. The van der Waals surface area contributed by atoms with Gasteiger partial charge in [0.15, 0.2) is 0 Å². The minimum Gasteiger partial charge on any atom is -0.326 e. The molecule has 18 heavy (non-hydrogen) atoms. The normalized spacial score (nSPS) is 32.1. The molecule has 2 aliphatic rings. The van der Waals surface area contributed by atoms with Crippen molar-refractivity contribution in [3.63, 3.8) is 0 Å². The molecule has 0 saturated heterocycles. The standard InChI is InChI=1S/C15H18N2O/c1-3-11-10-6-9(2)8-15(11,16)12-4-5-14(18)17-13(12)7-10/h3-5,8,10H,6-7,16H2,1-2H3,(H,17,18)/t10-,15+/m0/s1. The van der Waals surface area contributed by atoms with Crippen LogP contribution in [0.4, 0.5) is 0 Å². The van der Waals surface area contributed by atoms with Crippen LogP contribution >= 0.6 is 0 Å². The van der Waals surface area contributed by atoms with Crippen LogP contribution in [0.2, 0.25) is 0 Å². The molecule has 94 valence electrons. The molecule has 3 heteroatoms. The second-order valence-electron chi connectivity index (χ2n) is 5.42. The van der Waals surface area contributed by atoms with Crippen LogP contribution in [-0.2, 0) is 12.0 Å². The van der Waals surface area contributed by atoms with Gasteiger partial charge in [0.1, 0.15) is 0 Å². The number of nitrogens with one attached hydrogen (secondary N) is 1. The fourth-order valence-electron chi connectivity index (χ4n) is 3.57. The van der Waals surface area contributed by atoms with Gasteiger partial charge < -0.3 is 10.7 Å². The molecule has 2 atom stereocenters. The van der Waals surface area contributed by atoms with E-state index in [0.29, 0.717) is 5.92 Å². The van der Waals surface area contributed by atoms with Crippen LogP contribution in [0.5, 0.6) is 0 Å². The Balaban J connectivity index is 2.31. The molecule has 0 unspecified atom stereocenters. The van der Waals surface area contributed by atoms with E-state index in [1.807, 2.05) is 6.07 Å². The first-order chi connectivity index (χ1) is 8.54. The van der Waals surface area contributed by atoms with Crippen molar-refractivity contribution >= 4 is 0 Å². The highest BCUT2D eigenvalue weighted by molar-refractivity contribution is 5.50. The Labute approximate surface area is 106 Å². The smallest absolute Gasteiger partial charge is 0.248 e. The summed E-state index contributed by atoms with van der Waals surface area (Å²) in [5, 5.41) is 0. The number of H-pyrrole nitrogens is 1. The topological polar surface area (TPSA) is 58.9 Å². The SMILES string of the molecule is CC=C1[C@H]2CC(C)=C[C@]1(N)c1ccc(=O)[nH]c1C2. The van der Waals surface area contributed by atoms with Gasteiger partial charge in [-0.2, -0.15) is 0 Å². The van der Waals surface area contributed by atoms with E-state index in [4.69, 9.17) is 5.73 Å². The zero-order valence-corrected chi connectivity index (χ0v) is 10.8. The summed E-state index contributed by atoms with van der Waals surface area (Å²) >= 11 is 0. The van der Waals surface area contributed by atoms with Gasteiger partial charge in [0.05, 0.1) is 5.54 Å². The summed E-state index contributed by atoms with van der Waals surface area (Å²) in [4.78, 5) is 14.4. The average molecular weight is 242 g/mol. The van der Waals surface area contributed by atoms with Crippen molar-refractivity contribution in [3.8, 4) is 0 Å². The Morgan fingerprint density at radius 2 is 2.22 bits per heavy atom. The van der Waals surface area contributed by atoms with Crippen molar-refractivity contribution in [1.29, 1.82) is 0 Å². The zero-order valence-electron chi connectivity index (χ0n) is 10.8. The Kier molecular flexibility index (Phi) is 2.35. The Bertz CT molecular complexity index is 624. The van der Waals surface area contributed by atoms with Gasteiger partial charge in [-0.1, -0.05) is 17.7 Å². The molecule has 2 bridgehead atoms. The summed E-state index contributed by atoms with van der Waals surface area (Å²) in [5.41, 5.74) is 10.7. The molecule has 3 rings (SSSR count). The van der Waals surface area contributed by atoms with Gasteiger partial charge in [0.2, 0.25) is 5.56 Å². The molecule has 0 radical (unpaired) electrons. The van der Waals surface area contributed by atoms with Gasteiger partial charge in [-0.25, -0.2) is 0 Å². The van der Waals surface area contributed by atoms with E-state index >= 15 is 0 Å². The lowest BCUT2D eigenvalue weighted by Gasteiger charge is -2.44. The van der Waals surface area contributed by atoms with E-state index in [-0.39, 0.29) is 5.56 Å². The third-order valence-electron chi connectivity index (χ3n) is 4.17. The monoisotopic (exact) mass is 242 g/mol. The molecule has 1 aromatic rings. The molecule has 0 saturated carbocycles. The van der Waals surface area contributed by atoms with Crippen LogP contribution in [0.15, 0.2) is 40.2 Å². The van der Waals surface area contributed by atoms with Crippen molar-refractivity contribution in [1.82, 2.24) is 4.98 Å². The minimum absolute atomic E-state index is 0.0416. The van der Waals surface area contributed by atoms with E-state index in [0.717, 1.165) is 24.1 Å². The van der Waals surface area contributed by atoms with Crippen LogP contribution in [0, 0.1) is 5.92 Å². The number of fused-ring (bicyclic) bond motifs is 4. The number of nitrogens with two attached hydrogens (primary N) is 1. The molecule has 1 heterocycles. The summed E-state index contributed by atoms with van der Waals surface area (Å²) in [7, 11) is 0. The van der Waals surface area contributed by atoms with Gasteiger partial charge in [-0.3, -0.25) is 4.79 Å². The second kappa shape index (κ2) is 3.69. The zero-order chi connectivity index (χ0) is 12.9. The van der Waals surface area contributed by atoms with E-state index in [9.17, 15) is 4.79 Å². The Morgan fingerprint density at radius 3 is 2.94 bits per heavy atom. The highest BCUT2D eigenvalue weighted by Gasteiger charge is 2.42. The third-order valence-corrected chi connectivity index (χ3v) is 4.17. The molecule has 3 N–H and O–H groups in total. The predicted octanol–water partition coefficient (Wildman–Crippen LogP) is 2.00. The van der Waals surface area contributed by atoms with Gasteiger partial charge >= 0.3 is 0 Å². The van der Waals surface area contributed by atoms with E-state index < -0.39 is 5.54 Å². The molecule has 0 aliphatic heterocycles. The van der Waals surface area contributed by atoms with E-state index in [2.05, 4.69) is 31.0 Å². The largest absolute Gasteiger partial charge is 0.326 e. The number of allylic oxidation sites excluding steroid dienone is 2. The van der Waals surface area contributed by atoms with Gasteiger partial charge in [0, 0.05) is 11.8 Å². The van der Waals surface area contributed by atoms with Crippen molar-refractivity contribution in [2.24, 2.45) is 11.7 Å². The van der Waals surface area contributed by atoms with Crippen molar-refractivity contribution in [2.75, 3.05) is 0 Å². The molecule has 1 aromatic heterocycles. The highest BCUT2D eigenvalue weighted by atomic mass is 16.1. The van der Waals surface area contributed by atoms with Crippen molar-refractivity contribution in [3.05, 3.63) is 57.0 Å². The maximum Gasteiger partial charge on any atom is 0.248 e. The highest BCUT2D eigenvalue weighted by Crippen LogP contribution is 2.46. The lowest BCUT2D eigenvalue weighted by molar-refractivity contribution is 0.430. The first kappa shape index (κ1) is 11.5. The minimum atomic E-state index is -0.528. The quantitative estimate of drug-likeness (QED) is 0.684. The van der Waals surface area contributed by atoms with Gasteiger partial charge in [0.25, 0.3) is 0 Å². The van der Waals surface area contributed by atoms with E-state index in [1.54, 1.807) is 6.07 Å². The molecular weight excluding hydrogens is 224 g/mol. The number of hydrogen-bond acceptors (Lipinski definition) is 2. The predicted molar refractivity (Wildman–Crippen MR) is 72.3 cm³/mol. The first-order valence-corrected chi connectivity index (χ1v) is 6.41. The lowest BCUT2D eigenvalue weighted by atomic mass is 9.64. The molecule has 0 fully saturated rings. The molecule has 2 aliphatic carbocycles. The van der Waals surface area contributed by atoms with Gasteiger partial charge in [-0.05, 0) is 49.8 Å². The number of rotatable bonds is 0. The van der Waals surface area contributed by atoms with Crippen LogP contribution < -0.4 is 11.3 Å². The summed E-state index contributed by atoms with van der Waals surface area (Å²) in [5.74, 6) is 0.426. The molecule has 0 spiro atoms. The number of pyridine rings is 1. The summed E-state index contributed by atoms with van der Waals surface area (Å²) in [6.07, 6.45) is 6.21. The summed E-state index contributed by atoms with van der Waals surface area (Å²) in [6.45, 7) is 4.19. The number of aromatic nitrogens is 1. The molecule has 3 nitrogen and oxygen atoms in total. The molecule has 0 aromatic carbocycles. The second-order valence-corrected chi connectivity index (χ2v) is 5.42. The Hall–Kier alpha value is -1.61. The third kappa shape index (κ3) is 1.44. The van der Waals surface area contributed by atoms with Crippen LogP contribution in [-0.4, -0.2) is 4.98 Å². The first-order valence-electron chi connectivity index (χ1n) is 6.41. The molecule has 0 amide bonds. The van der Waals surface area contributed by atoms with Gasteiger partial charge in [-0.15, -0.1) is 0 Å².